The lowest BCUT2D eigenvalue weighted by Crippen LogP contribution is -2.68. The first kappa shape index (κ1) is 43.2. The third-order valence-corrected chi connectivity index (χ3v) is 11.6. The Balaban J connectivity index is 1.51. The van der Waals surface area contributed by atoms with Crippen LogP contribution in [-0.2, 0) is 27.4 Å². The molecule has 57 heavy (non-hydrogen) atoms. The molecule has 18 heteroatoms. The minimum atomic E-state index is -4.95. The summed E-state index contributed by atoms with van der Waals surface area (Å²) in [6, 6.07) is 7.49. The van der Waals surface area contributed by atoms with Crippen molar-refractivity contribution in [2.24, 2.45) is 5.41 Å². The van der Waals surface area contributed by atoms with Gasteiger partial charge in [-0.2, -0.15) is 31.6 Å². The number of carboxylic acid groups (broad SMARTS) is 1. The van der Waals surface area contributed by atoms with Crippen LogP contribution in [0.25, 0.3) is 0 Å². The third kappa shape index (κ3) is 8.82. The van der Waals surface area contributed by atoms with Crippen molar-refractivity contribution in [1.82, 2.24) is 14.8 Å². The van der Waals surface area contributed by atoms with Crippen LogP contribution in [-0.4, -0.2) is 75.6 Å². The number of nitriles is 1. The average molecular weight is 827 g/mol. The molecule has 2 aromatic heterocycles. The summed E-state index contributed by atoms with van der Waals surface area (Å²) < 4.78 is 111. The first-order chi connectivity index (χ1) is 26.7. The molecule has 2 aliphatic heterocycles. The lowest BCUT2D eigenvalue weighted by molar-refractivity contribution is -0.160. The number of aliphatic carboxylic acids is 1. The molecule has 2 saturated heterocycles. The van der Waals surface area contributed by atoms with Gasteiger partial charge in [0.05, 0.1) is 35.1 Å². The Bertz CT molecular complexity index is 2000. The lowest BCUT2D eigenvalue weighted by atomic mass is 9.72. The first-order valence-electron chi connectivity index (χ1n) is 18.2. The number of halogens is 7. The summed E-state index contributed by atoms with van der Waals surface area (Å²) in [5.74, 6) is -4.30. The summed E-state index contributed by atoms with van der Waals surface area (Å²) in [5, 5.41) is 21.1. The van der Waals surface area contributed by atoms with E-state index in [1.807, 2.05) is 0 Å². The summed E-state index contributed by atoms with van der Waals surface area (Å²) in [5.41, 5.74) is -6.67. The number of ether oxygens (including phenoxy) is 2. The van der Waals surface area contributed by atoms with Crippen LogP contribution >= 0.6 is 11.3 Å². The van der Waals surface area contributed by atoms with Gasteiger partial charge in [-0.05, 0) is 64.2 Å². The number of alkyl halides is 6. The van der Waals surface area contributed by atoms with Gasteiger partial charge in [0.2, 0.25) is 5.60 Å². The normalized spacial score (nSPS) is 20.1. The van der Waals surface area contributed by atoms with E-state index < -0.39 is 74.6 Å². The van der Waals surface area contributed by atoms with E-state index in [4.69, 9.17) is 9.47 Å². The maximum atomic E-state index is 15.3. The highest BCUT2D eigenvalue weighted by Crippen LogP contribution is 2.45. The minimum Gasteiger partial charge on any atom is -0.490 e. The number of nitrogens with zero attached hydrogens (tertiary/aromatic N) is 4. The first-order valence-corrected chi connectivity index (χ1v) is 19.1. The largest absolute Gasteiger partial charge is 0.490 e. The molecule has 308 valence electrons. The number of aromatic nitrogens is 1. The second-order valence-electron chi connectivity index (χ2n) is 14.8. The molecule has 2 amide bonds. The molecule has 2 aliphatic rings. The van der Waals surface area contributed by atoms with Crippen molar-refractivity contribution in [2.75, 3.05) is 26.2 Å². The van der Waals surface area contributed by atoms with E-state index in [2.05, 4.69) is 11.1 Å². The number of rotatable bonds is 12. The maximum Gasteiger partial charge on any atom is 0.425 e. The number of benzene rings is 1. The van der Waals surface area contributed by atoms with E-state index in [1.165, 1.54) is 30.9 Å². The SMILES string of the molecule is CCC[C@H]1N(C(=O)c2ncccc2C(F)(F)F)CCC[C@@]1(Oc1csc(C(F)(F)F)c1)C(=O)N1CCC(C#N)(c2cccc(F)c2OCCC(C)(C)C(=O)O)CC1. The second-order valence-corrected chi connectivity index (χ2v) is 15.7. The third-order valence-electron chi connectivity index (χ3n) is 10.7. The fourth-order valence-electron chi connectivity index (χ4n) is 7.42. The molecule has 0 radical (unpaired) electrons. The minimum absolute atomic E-state index is 0.0145. The summed E-state index contributed by atoms with van der Waals surface area (Å²) in [4.78, 5) is 45.8. The summed E-state index contributed by atoms with van der Waals surface area (Å²) in [7, 11) is 0. The number of piperidine rings is 2. The number of hydrogen-bond acceptors (Lipinski definition) is 8. The highest BCUT2D eigenvalue weighted by atomic mass is 32.1. The molecular weight excluding hydrogens is 786 g/mol. The van der Waals surface area contributed by atoms with E-state index in [-0.39, 0.29) is 81.8 Å². The number of thiophene rings is 1. The zero-order valence-electron chi connectivity index (χ0n) is 31.3. The molecule has 5 rings (SSSR count). The van der Waals surface area contributed by atoms with Crippen molar-refractivity contribution in [3.63, 3.8) is 0 Å². The molecule has 0 spiro atoms. The highest BCUT2D eigenvalue weighted by molar-refractivity contribution is 7.10. The molecule has 0 saturated carbocycles. The predicted molar refractivity (Wildman–Crippen MR) is 192 cm³/mol. The maximum absolute atomic E-state index is 15.3. The van der Waals surface area contributed by atoms with Gasteiger partial charge >= 0.3 is 18.3 Å². The quantitative estimate of drug-likeness (QED) is 0.180. The summed E-state index contributed by atoms with van der Waals surface area (Å²) in [6.07, 6.45) is -8.55. The van der Waals surface area contributed by atoms with Crippen LogP contribution in [0.5, 0.6) is 11.5 Å². The predicted octanol–water partition coefficient (Wildman–Crippen LogP) is 8.51. The Morgan fingerprint density at radius 3 is 2.33 bits per heavy atom. The number of carbonyl (C=O) groups is 3. The average Bonchev–Trinajstić information content (AvgIpc) is 3.64. The van der Waals surface area contributed by atoms with Gasteiger partial charge in [0.25, 0.3) is 11.8 Å². The van der Waals surface area contributed by atoms with Gasteiger partial charge in [-0.15, -0.1) is 11.3 Å². The molecule has 1 N–H and O–H groups in total. The van der Waals surface area contributed by atoms with Gasteiger partial charge in [-0.3, -0.25) is 19.4 Å². The van der Waals surface area contributed by atoms with Gasteiger partial charge < -0.3 is 24.4 Å². The fraction of sp³-hybridized carbons (Fsp3) is 0.513. The summed E-state index contributed by atoms with van der Waals surface area (Å²) in [6.45, 7) is 4.12. The molecule has 10 nitrogen and oxygen atoms in total. The molecule has 3 aromatic rings. The molecule has 2 atom stereocenters. The molecule has 0 unspecified atom stereocenters. The Morgan fingerprint density at radius 1 is 1.04 bits per heavy atom. The van der Waals surface area contributed by atoms with E-state index >= 15 is 4.39 Å². The van der Waals surface area contributed by atoms with Gasteiger partial charge in [0.15, 0.2) is 11.6 Å². The molecule has 1 aromatic carbocycles. The van der Waals surface area contributed by atoms with E-state index in [0.29, 0.717) is 23.8 Å². The van der Waals surface area contributed by atoms with Gasteiger partial charge in [-0.25, -0.2) is 4.39 Å². The standard InChI is InChI=1S/C39H41F7N4O6S/c1-4-8-28-37(56-24-21-29(57-22-24)39(44,45)46,12-7-17-50(28)32(51)30-25(38(41,42)43)10-6-16-48-30)33(52)49-18-13-36(23-47,14-19-49)26-9-5-11-27(40)31(26)55-20-15-35(2,3)34(53)54/h5-6,9-11,16,21-22,28H,4,7-8,12-15,17-20H2,1-3H3,(H,53,54)/t28-,37+/m1/s1. The van der Waals surface area contributed by atoms with Crippen LogP contribution in [0.15, 0.2) is 48.0 Å². The van der Waals surface area contributed by atoms with Crippen molar-refractivity contribution in [3.8, 4) is 17.6 Å². The van der Waals surface area contributed by atoms with Crippen molar-refractivity contribution < 1.29 is 59.7 Å². The number of hydrogen-bond donors (Lipinski definition) is 1. The number of pyridine rings is 1. The molecule has 0 aliphatic carbocycles. The number of para-hydroxylation sites is 1. The van der Waals surface area contributed by atoms with Crippen molar-refractivity contribution in [2.45, 2.75) is 95.1 Å². The van der Waals surface area contributed by atoms with Gasteiger partial charge in [-0.1, -0.05) is 25.5 Å². The molecule has 2 fully saturated rings. The van der Waals surface area contributed by atoms with Crippen LogP contribution < -0.4 is 9.47 Å². The molecule has 4 heterocycles. The fourth-order valence-corrected chi connectivity index (χ4v) is 8.10. The zero-order chi connectivity index (χ0) is 42.0. The van der Waals surface area contributed by atoms with Crippen LogP contribution in [0.2, 0.25) is 0 Å². The number of carbonyl (C=O) groups excluding carboxylic acids is 2. The Kier molecular flexibility index (Phi) is 12.5. The van der Waals surface area contributed by atoms with Gasteiger partial charge in [0.1, 0.15) is 16.3 Å². The Morgan fingerprint density at radius 2 is 1.74 bits per heavy atom. The van der Waals surface area contributed by atoms with Crippen molar-refractivity contribution in [1.29, 1.82) is 5.26 Å². The monoisotopic (exact) mass is 826 g/mol. The van der Waals surface area contributed by atoms with Crippen LogP contribution in [0.1, 0.15) is 92.2 Å². The number of carboxylic acids is 1. The van der Waals surface area contributed by atoms with E-state index in [1.54, 1.807) is 6.92 Å². The number of amides is 2. The zero-order valence-corrected chi connectivity index (χ0v) is 32.1. The van der Waals surface area contributed by atoms with Crippen molar-refractivity contribution in [3.05, 3.63) is 75.5 Å². The number of likely N-dealkylation sites (tertiary alicyclic amines) is 2. The smallest absolute Gasteiger partial charge is 0.425 e. The van der Waals surface area contributed by atoms with Crippen molar-refractivity contribution >= 4 is 29.1 Å². The lowest BCUT2D eigenvalue weighted by Gasteiger charge is -2.51. The van der Waals surface area contributed by atoms with Crippen LogP contribution in [0, 0.1) is 22.6 Å². The molecule has 0 bridgehead atoms. The summed E-state index contributed by atoms with van der Waals surface area (Å²) >= 11 is 0.327. The van der Waals surface area contributed by atoms with Crippen LogP contribution in [0.3, 0.4) is 0 Å². The van der Waals surface area contributed by atoms with E-state index in [9.17, 15) is 51.1 Å². The Hall–Kier alpha value is -4.92. The topological polar surface area (TPSA) is 133 Å². The van der Waals surface area contributed by atoms with Crippen LogP contribution in [0.4, 0.5) is 30.7 Å². The highest BCUT2D eigenvalue weighted by Gasteiger charge is 2.57. The van der Waals surface area contributed by atoms with E-state index in [0.717, 1.165) is 34.7 Å². The Labute approximate surface area is 328 Å². The second kappa shape index (κ2) is 16.5. The molecular formula is C39H41F7N4O6S. The van der Waals surface area contributed by atoms with Gasteiger partial charge in [0, 0.05) is 49.3 Å².